The number of rotatable bonds is 3. The Morgan fingerprint density at radius 3 is 2.87 bits per heavy atom. The monoisotopic (exact) mass is 210 g/mol. The second kappa shape index (κ2) is 4.89. The summed E-state index contributed by atoms with van der Waals surface area (Å²) in [5.74, 6) is -0.660. The lowest BCUT2D eigenvalue weighted by atomic mass is 10.1. The Kier molecular flexibility index (Phi) is 3.80. The molecule has 0 spiro atoms. The summed E-state index contributed by atoms with van der Waals surface area (Å²) in [6.45, 7) is 3.62. The van der Waals surface area contributed by atoms with Gasteiger partial charge >= 0.3 is 0 Å². The molecule has 1 amide bonds. The van der Waals surface area contributed by atoms with Crippen molar-refractivity contribution in [2.24, 2.45) is 5.73 Å². The molecule has 82 valence electrons. The number of hydrogen-bond acceptors (Lipinski definition) is 2. The minimum atomic E-state index is -0.548. The van der Waals surface area contributed by atoms with Gasteiger partial charge in [-0.25, -0.2) is 4.39 Å². The van der Waals surface area contributed by atoms with Crippen LogP contribution >= 0.6 is 0 Å². The number of carbonyl (C=O) groups excluding carboxylic acids is 1. The Balaban J connectivity index is 2.80. The van der Waals surface area contributed by atoms with Crippen molar-refractivity contribution in [1.29, 1.82) is 0 Å². The van der Waals surface area contributed by atoms with E-state index in [2.05, 4.69) is 5.32 Å². The molecule has 0 aliphatic heterocycles. The molecule has 0 bridgehead atoms. The van der Waals surface area contributed by atoms with E-state index in [1.165, 1.54) is 12.1 Å². The van der Waals surface area contributed by atoms with E-state index < -0.39 is 6.04 Å². The quantitative estimate of drug-likeness (QED) is 0.799. The van der Waals surface area contributed by atoms with Crippen LogP contribution in [0.2, 0.25) is 0 Å². The SMILES string of the molecule is CCC(N)C(=O)Nc1cc(F)ccc1C. The molecule has 0 aliphatic carbocycles. The first kappa shape index (κ1) is 11.7. The molecule has 1 aromatic rings. The third-order valence-electron chi connectivity index (χ3n) is 2.23. The molecule has 0 heterocycles. The fourth-order valence-electron chi connectivity index (χ4n) is 1.14. The van der Waals surface area contributed by atoms with E-state index in [1.807, 2.05) is 6.92 Å². The van der Waals surface area contributed by atoms with Crippen LogP contribution < -0.4 is 11.1 Å². The van der Waals surface area contributed by atoms with Gasteiger partial charge in [-0.2, -0.15) is 0 Å². The van der Waals surface area contributed by atoms with Gasteiger partial charge in [-0.15, -0.1) is 0 Å². The molecule has 1 rings (SSSR count). The van der Waals surface area contributed by atoms with E-state index in [9.17, 15) is 9.18 Å². The number of halogens is 1. The molecule has 3 nitrogen and oxygen atoms in total. The predicted molar refractivity (Wildman–Crippen MR) is 58.0 cm³/mol. The summed E-state index contributed by atoms with van der Waals surface area (Å²) >= 11 is 0. The van der Waals surface area contributed by atoms with Crippen LogP contribution in [0.5, 0.6) is 0 Å². The summed E-state index contributed by atoms with van der Waals surface area (Å²) in [6.07, 6.45) is 0.556. The van der Waals surface area contributed by atoms with Crippen LogP contribution in [-0.2, 0) is 4.79 Å². The van der Waals surface area contributed by atoms with E-state index in [-0.39, 0.29) is 11.7 Å². The van der Waals surface area contributed by atoms with Crippen molar-refractivity contribution in [3.8, 4) is 0 Å². The third kappa shape index (κ3) is 3.02. The van der Waals surface area contributed by atoms with Crippen LogP contribution in [0, 0.1) is 12.7 Å². The molecule has 1 aromatic carbocycles. The van der Waals surface area contributed by atoms with Gasteiger partial charge in [0.05, 0.1) is 6.04 Å². The van der Waals surface area contributed by atoms with Gasteiger partial charge in [-0.05, 0) is 31.0 Å². The van der Waals surface area contributed by atoms with E-state index in [0.717, 1.165) is 5.56 Å². The first-order valence-electron chi connectivity index (χ1n) is 4.87. The summed E-state index contributed by atoms with van der Waals surface area (Å²) in [7, 11) is 0. The highest BCUT2D eigenvalue weighted by Crippen LogP contribution is 2.16. The van der Waals surface area contributed by atoms with Gasteiger partial charge in [0.2, 0.25) is 5.91 Å². The average Bonchev–Trinajstić information content (AvgIpc) is 2.22. The molecule has 15 heavy (non-hydrogen) atoms. The van der Waals surface area contributed by atoms with Crippen molar-refractivity contribution < 1.29 is 9.18 Å². The van der Waals surface area contributed by atoms with E-state index in [4.69, 9.17) is 5.73 Å². The lowest BCUT2D eigenvalue weighted by Gasteiger charge is -2.11. The largest absolute Gasteiger partial charge is 0.324 e. The fourth-order valence-corrected chi connectivity index (χ4v) is 1.14. The lowest BCUT2D eigenvalue weighted by molar-refractivity contribution is -0.117. The number of benzene rings is 1. The predicted octanol–water partition coefficient (Wildman–Crippen LogP) is 1.81. The number of amides is 1. The van der Waals surface area contributed by atoms with Crippen LogP contribution in [0.15, 0.2) is 18.2 Å². The molecule has 0 radical (unpaired) electrons. The highest BCUT2D eigenvalue weighted by Gasteiger charge is 2.12. The Labute approximate surface area is 88.5 Å². The first-order chi connectivity index (χ1) is 7.04. The maximum absolute atomic E-state index is 12.9. The molecular formula is C11H15FN2O. The summed E-state index contributed by atoms with van der Waals surface area (Å²) in [5, 5.41) is 2.60. The number of aryl methyl sites for hydroxylation is 1. The number of nitrogens with one attached hydrogen (secondary N) is 1. The fraction of sp³-hybridized carbons (Fsp3) is 0.364. The topological polar surface area (TPSA) is 55.1 Å². The van der Waals surface area contributed by atoms with Gasteiger partial charge in [-0.3, -0.25) is 4.79 Å². The van der Waals surface area contributed by atoms with E-state index in [1.54, 1.807) is 13.0 Å². The van der Waals surface area contributed by atoms with E-state index >= 15 is 0 Å². The zero-order chi connectivity index (χ0) is 11.4. The smallest absolute Gasteiger partial charge is 0.241 e. The van der Waals surface area contributed by atoms with Gasteiger partial charge in [0.25, 0.3) is 0 Å². The van der Waals surface area contributed by atoms with Crippen molar-refractivity contribution in [3.05, 3.63) is 29.6 Å². The molecule has 1 unspecified atom stereocenters. The number of hydrogen-bond donors (Lipinski definition) is 2. The van der Waals surface area contributed by atoms with Crippen molar-refractivity contribution in [2.75, 3.05) is 5.32 Å². The molecule has 0 saturated heterocycles. The summed E-state index contributed by atoms with van der Waals surface area (Å²) in [6, 6.07) is 3.70. The Morgan fingerprint density at radius 1 is 1.60 bits per heavy atom. The molecule has 3 N–H and O–H groups in total. The van der Waals surface area contributed by atoms with Gasteiger partial charge in [0.1, 0.15) is 5.82 Å². The van der Waals surface area contributed by atoms with Crippen LogP contribution in [0.1, 0.15) is 18.9 Å². The minimum Gasteiger partial charge on any atom is -0.324 e. The Bertz CT molecular complexity index is 366. The van der Waals surface area contributed by atoms with Crippen LogP contribution in [0.4, 0.5) is 10.1 Å². The lowest BCUT2D eigenvalue weighted by Crippen LogP contribution is -2.35. The summed E-state index contributed by atoms with van der Waals surface area (Å²) < 4.78 is 12.9. The van der Waals surface area contributed by atoms with Crippen molar-refractivity contribution in [2.45, 2.75) is 26.3 Å². The Morgan fingerprint density at radius 2 is 2.27 bits per heavy atom. The molecule has 0 aliphatic rings. The average molecular weight is 210 g/mol. The molecular weight excluding hydrogens is 195 g/mol. The van der Waals surface area contributed by atoms with E-state index in [0.29, 0.717) is 12.1 Å². The van der Waals surface area contributed by atoms with Gasteiger partial charge in [0, 0.05) is 5.69 Å². The van der Waals surface area contributed by atoms with Crippen LogP contribution in [-0.4, -0.2) is 11.9 Å². The molecule has 1 atom stereocenters. The summed E-state index contributed by atoms with van der Waals surface area (Å²) in [5.41, 5.74) is 6.84. The minimum absolute atomic E-state index is 0.286. The standard InChI is InChI=1S/C11H15FN2O/c1-3-9(13)11(15)14-10-6-8(12)5-4-7(10)2/h4-6,9H,3,13H2,1-2H3,(H,14,15). The second-order valence-electron chi connectivity index (χ2n) is 3.46. The van der Waals surface area contributed by atoms with Crippen molar-refractivity contribution >= 4 is 11.6 Å². The van der Waals surface area contributed by atoms with Crippen molar-refractivity contribution in [1.82, 2.24) is 0 Å². The summed E-state index contributed by atoms with van der Waals surface area (Å²) in [4.78, 5) is 11.4. The van der Waals surface area contributed by atoms with Gasteiger partial charge in [0.15, 0.2) is 0 Å². The molecule has 0 saturated carbocycles. The second-order valence-corrected chi connectivity index (χ2v) is 3.46. The van der Waals surface area contributed by atoms with Gasteiger partial charge in [-0.1, -0.05) is 13.0 Å². The number of nitrogens with two attached hydrogens (primary N) is 1. The molecule has 0 aromatic heterocycles. The van der Waals surface area contributed by atoms with Crippen molar-refractivity contribution in [3.63, 3.8) is 0 Å². The Hall–Kier alpha value is -1.42. The highest BCUT2D eigenvalue weighted by molar-refractivity contribution is 5.95. The van der Waals surface area contributed by atoms with Gasteiger partial charge < -0.3 is 11.1 Å². The maximum atomic E-state index is 12.9. The number of anilines is 1. The normalized spacial score (nSPS) is 12.3. The third-order valence-corrected chi connectivity index (χ3v) is 2.23. The zero-order valence-electron chi connectivity index (χ0n) is 8.88. The molecule has 0 fully saturated rings. The highest BCUT2D eigenvalue weighted by atomic mass is 19.1. The molecule has 4 heteroatoms. The zero-order valence-corrected chi connectivity index (χ0v) is 8.88. The van der Waals surface area contributed by atoms with Crippen LogP contribution in [0.25, 0.3) is 0 Å². The first-order valence-corrected chi connectivity index (χ1v) is 4.87. The number of carbonyl (C=O) groups is 1. The maximum Gasteiger partial charge on any atom is 0.241 e. The van der Waals surface area contributed by atoms with Crippen LogP contribution in [0.3, 0.4) is 0 Å².